The van der Waals surface area contributed by atoms with Crippen molar-refractivity contribution in [2.24, 2.45) is 0 Å². The smallest absolute Gasteiger partial charge is 0.253 e. The number of pyridine rings is 1. The molecule has 0 radical (unpaired) electrons. The number of amides is 1. The molecule has 1 aromatic heterocycles. The van der Waals surface area contributed by atoms with E-state index in [1.165, 1.54) is 32.4 Å². The molecule has 5 nitrogen and oxygen atoms in total. The van der Waals surface area contributed by atoms with Gasteiger partial charge in [0.2, 0.25) is 5.88 Å². The SMILES string of the molecule is CCOc1ncccc1-c1cccc2cc(C(=O)N3CC(N4CCCCC4)C3)ccc12. The monoisotopic (exact) mass is 415 g/mol. The number of fused-ring (bicyclic) bond motifs is 1. The summed E-state index contributed by atoms with van der Waals surface area (Å²) < 4.78 is 5.74. The highest BCUT2D eigenvalue weighted by Gasteiger charge is 2.35. The van der Waals surface area contributed by atoms with E-state index in [1.807, 2.05) is 42.2 Å². The van der Waals surface area contributed by atoms with Crippen molar-refractivity contribution in [1.82, 2.24) is 14.8 Å². The first-order valence-corrected chi connectivity index (χ1v) is 11.4. The van der Waals surface area contributed by atoms with E-state index in [0.29, 0.717) is 18.5 Å². The molecule has 5 heteroatoms. The number of piperidine rings is 1. The normalized spacial score (nSPS) is 17.5. The number of benzene rings is 2. The lowest BCUT2D eigenvalue weighted by molar-refractivity contribution is 0.0203. The number of rotatable bonds is 5. The molecule has 0 unspecified atom stereocenters. The third-order valence-electron chi connectivity index (χ3n) is 6.53. The fourth-order valence-electron chi connectivity index (χ4n) is 4.82. The van der Waals surface area contributed by atoms with E-state index >= 15 is 0 Å². The molecule has 0 bridgehead atoms. The second-order valence-electron chi connectivity index (χ2n) is 8.49. The van der Waals surface area contributed by atoms with Crippen molar-refractivity contribution in [2.45, 2.75) is 32.2 Å². The van der Waals surface area contributed by atoms with Crippen molar-refractivity contribution in [2.75, 3.05) is 32.8 Å². The predicted octanol–water partition coefficient (Wildman–Crippen LogP) is 4.61. The van der Waals surface area contributed by atoms with E-state index in [0.717, 1.165) is 40.6 Å². The minimum atomic E-state index is 0.136. The summed E-state index contributed by atoms with van der Waals surface area (Å²) in [6, 6.07) is 16.7. The quantitative estimate of drug-likeness (QED) is 0.610. The van der Waals surface area contributed by atoms with Crippen molar-refractivity contribution < 1.29 is 9.53 Å². The van der Waals surface area contributed by atoms with Gasteiger partial charge in [-0.1, -0.05) is 30.7 Å². The summed E-state index contributed by atoms with van der Waals surface area (Å²) >= 11 is 0. The zero-order valence-corrected chi connectivity index (χ0v) is 18.1. The van der Waals surface area contributed by atoms with E-state index in [4.69, 9.17) is 4.74 Å². The van der Waals surface area contributed by atoms with Gasteiger partial charge in [0.05, 0.1) is 6.61 Å². The van der Waals surface area contributed by atoms with Gasteiger partial charge in [-0.25, -0.2) is 4.98 Å². The summed E-state index contributed by atoms with van der Waals surface area (Å²) in [7, 11) is 0. The molecule has 0 N–H and O–H groups in total. The van der Waals surface area contributed by atoms with E-state index in [-0.39, 0.29) is 5.91 Å². The average molecular weight is 416 g/mol. The standard InChI is InChI=1S/C26H29N3O2/c1-2-31-25-24(10-7-13-27-25)23-9-6-8-19-16-20(11-12-22(19)23)26(30)29-17-21(18-29)28-14-4-3-5-15-28/h6-13,16,21H,2-5,14-15,17-18H2,1H3. The van der Waals surface area contributed by atoms with Gasteiger partial charge in [0.15, 0.2) is 0 Å². The lowest BCUT2D eigenvalue weighted by Crippen LogP contribution is -2.61. The molecule has 2 aromatic carbocycles. The predicted molar refractivity (Wildman–Crippen MR) is 123 cm³/mol. The number of nitrogens with zero attached hydrogens (tertiary/aromatic N) is 3. The Kier molecular flexibility index (Phi) is 5.60. The van der Waals surface area contributed by atoms with Gasteiger partial charge in [-0.2, -0.15) is 0 Å². The summed E-state index contributed by atoms with van der Waals surface area (Å²) in [6.45, 7) is 6.61. The Morgan fingerprint density at radius 1 is 1.03 bits per heavy atom. The molecule has 0 atom stereocenters. The molecule has 0 aliphatic carbocycles. The Balaban J connectivity index is 1.37. The number of ether oxygens (including phenoxy) is 1. The minimum absolute atomic E-state index is 0.136. The molecule has 2 saturated heterocycles. The van der Waals surface area contributed by atoms with Crippen LogP contribution in [-0.2, 0) is 0 Å². The zero-order chi connectivity index (χ0) is 21.2. The van der Waals surface area contributed by atoms with Crippen LogP contribution in [0.1, 0.15) is 36.5 Å². The van der Waals surface area contributed by atoms with Crippen LogP contribution in [0.3, 0.4) is 0 Å². The first-order chi connectivity index (χ1) is 15.2. The second-order valence-corrected chi connectivity index (χ2v) is 8.49. The molecule has 2 fully saturated rings. The lowest BCUT2D eigenvalue weighted by Gasteiger charge is -2.46. The van der Waals surface area contributed by atoms with Crippen LogP contribution in [0.2, 0.25) is 0 Å². The highest BCUT2D eigenvalue weighted by Crippen LogP contribution is 2.34. The summed E-state index contributed by atoms with van der Waals surface area (Å²) in [4.78, 5) is 22.0. The van der Waals surface area contributed by atoms with Crippen LogP contribution in [0.5, 0.6) is 5.88 Å². The largest absolute Gasteiger partial charge is 0.478 e. The van der Waals surface area contributed by atoms with Crippen LogP contribution in [0, 0.1) is 0 Å². The van der Waals surface area contributed by atoms with Crippen molar-refractivity contribution in [3.05, 3.63) is 60.3 Å². The molecule has 31 heavy (non-hydrogen) atoms. The molecule has 2 aliphatic heterocycles. The molecule has 1 amide bonds. The molecule has 0 spiro atoms. The number of carbonyl (C=O) groups excluding carboxylic acids is 1. The van der Waals surface area contributed by atoms with Crippen LogP contribution < -0.4 is 4.74 Å². The van der Waals surface area contributed by atoms with E-state index < -0.39 is 0 Å². The van der Waals surface area contributed by atoms with Crippen molar-refractivity contribution >= 4 is 16.7 Å². The number of carbonyl (C=O) groups is 1. The van der Waals surface area contributed by atoms with Crippen LogP contribution in [0.4, 0.5) is 0 Å². The third-order valence-corrected chi connectivity index (χ3v) is 6.53. The Hall–Kier alpha value is -2.92. The van der Waals surface area contributed by atoms with Gasteiger partial charge in [-0.3, -0.25) is 9.69 Å². The highest BCUT2D eigenvalue weighted by atomic mass is 16.5. The topological polar surface area (TPSA) is 45.7 Å². The summed E-state index contributed by atoms with van der Waals surface area (Å²) in [5.41, 5.74) is 2.81. The Morgan fingerprint density at radius 3 is 2.65 bits per heavy atom. The zero-order valence-electron chi connectivity index (χ0n) is 18.1. The first-order valence-electron chi connectivity index (χ1n) is 11.4. The van der Waals surface area contributed by atoms with Crippen LogP contribution in [0.15, 0.2) is 54.7 Å². The van der Waals surface area contributed by atoms with Crippen LogP contribution in [-0.4, -0.2) is 59.5 Å². The van der Waals surface area contributed by atoms with Crippen molar-refractivity contribution in [3.63, 3.8) is 0 Å². The van der Waals surface area contributed by atoms with Gasteiger partial charge in [-0.05, 0) is 73.5 Å². The average Bonchev–Trinajstić information content (AvgIpc) is 2.79. The molecule has 3 heterocycles. The van der Waals surface area contributed by atoms with Gasteiger partial charge >= 0.3 is 0 Å². The minimum Gasteiger partial charge on any atom is -0.478 e. The summed E-state index contributed by atoms with van der Waals surface area (Å²) in [5, 5.41) is 2.16. The molecule has 5 rings (SSSR count). The lowest BCUT2D eigenvalue weighted by atomic mass is 9.96. The maximum Gasteiger partial charge on any atom is 0.253 e. The molecule has 3 aromatic rings. The van der Waals surface area contributed by atoms with E-state index in [9.17, 15) is 4.79 Å². The third kappa shape index (κ3) is 3.90. The number of aromatic nitrogens is 1. The van der Waals surface area contributed by atoms with Crippen LogP contribution in [0.25, 0.3) is 21.9 Å². The summed E-state index contributed by atoms with van der Waals surface area (Å²) in [5.74, 6) is 0.777. The number of hydrogen-bond acceptors (Lipinski definition) is 4. The molecule has 0 saturated carbocycles. The Bertz CT molecular complexity index is 1080. The van der Waals surface area contributed by atoms with Crippen molar-refractivity contribution in [1.29, 1.82) is 0 Å². The van der Waals surface area contributed by atoms with Gasteiger partial charge in [0.25, 0.3) is 5.91 Å². The molecular weight excluding hydrogens is 386 g/mol. The fourth-order valence-corrected chi connectivity index (χ4v) is 4.82. The maximum atomic E-state index is 13.1. The number of likely N-dealkylation sites (tertiary alicyclic amines) is 2. The second kappa shape index (κ2) is 8.67. The molecule has 160 valence electrons. The van der Waals surface area contributed by atoms with Crippen molar-refractivity contribution in [3.8, 4) is 17.0 Å². The van der Waals surface area contributed by atoms with E-state index in [1.54, 1.807) is 6.20 Å². The Morgan fingerprint density at radius 2 is 1.84 bits per heavy atom. The fraction of sp³-hybridized carbons (Fsp3) is 0.385. The first kappa shape index (κ1) is 20.0. The Labute approximate surface area is 183 Å². The summed E-state index contributed by atoms with van der Waals surface area (Å²) in [6.07, 6.45) is 5.68. The number of hydrogen-bond donors (Lipinski definition) is 0. The molecular formula is C26H29N3O2. The van der Waals surface area contributed by atoms with Gasteiger partial charge in [-0.15, -0.1) is 0 Å². The maximum absolute atomic E-state index is 13.1. The highest BCUT2D eigenvalue weighted by molar-refractivity contribution is 6.03. The van der Waals surface area contributed by atoms with Crippen LogP contribution >= 0.6 is 0 Å². The van der Waals surface area contributed by atoms with Gasteiger partial charge in [0.1, 0.15) is 0 Å². The van der Waals surface area contributed by atoms with E-state index in [2.05, 4.69) is 28.1 Å². The van der Waals surface area contributed by atoms with Gasteiger partial charge in [0, 0.05) is 36.5 Å². The molecule has 2 aliphatic rings. The van der Waals surface area contributed by atoms with Gasteiger partial charge < -0.3 is 9.64 Å².